The minimum absolute atomic E-state index is 0.606. The van der Waals surface area contributed by atoms with Crippen molar-refractivity contribution in [2.45, 2.75) is 13.8 Å². The number of nitrogens with one attached hydrogen (secondary N) is 2. The van der Waals surface area contributed by atoms with E-state index in [-0.39, 0.29) is 0 Å². The fourth-order valence-electron chi connectivity index (χ4n) is 1.27. The second kappa shape index (κ2) is 3.39. The van der Waals surface area contributed by atoms with E-state index >= 15 is 0 Å². The van der Waals surface area contributed by atoms with Gasteiger partial charge in [0.15, 0.2) is 0 Å². The Bertz CT molecular complexity index is 293. The van der Waals surface area contributed by atoms with Crippen LogP contribution in [0.3, 0.4) is 0 Å². The summed E-state index contributed by atoms with van der Waals surface area (Å²) in [4.78, 5) is 0. The van der Waals surface area contributed by atoms with Crippen LogP contribution >= 0.6 is 0 Å². The summed E-state index contributed by atoms with van der Waals surface area (Å²) in [5.41, 5.74) is 3.78. The Kier molecular flexibility index (Phi) is 2.48. The van der Waals surface area contributed by atoms with Gasteiger partial charge in [0.2, 0.25) is 0 Å². The van der Waals surface area contributed by atoms with Gasteiger partial charge in [-0.3, -0.25) is 5.41 Å². The summed E-state index contributed by atoms with van der Waals surface area (Å²) in [6, 6.07) is 0. The molecule has 0 saturated carbocycles. The summed E-state index contributed by atoms with van der Waals surface area (Å²) in [5, 5.41) is 10.7. The lowest BCUT2D eigenvalue weighted by molar-refractivity contribution is 1.09. The van der Waals surface area contributed by atoms with Crippen LogP contribution in [0.2, 0.25) is 0 Å². The molecule has 0 heterocycles. The first-order chi connectivity index (χ1) is 5.65. The van der Waals surface area contributed by atoms with Crippen LogP contribution in [0.4, 0.5) is 0 Å². The second-order valence-corrected chi connectivity index (χ2v) is 2.98. The van der Waals surface area contributed by atoms with E-state index in [4.69, 9.17) is 5.41 Å². The van der Waals surface area contributed by atoms with E-state index in [2.05, 4.69) is 5.32 Å². The van der Waals surface area contributed by atoms with Gasteiger partial charge in [-0.1, -0.05) is 11.6 Å². The highest BCUT2D eigenvalue weighted by atomic mass is 14.8. The second-order valence-electron chi connectivity index (χ2n) is 2.98. The quantitative estimate of drug-likeness (QED) is 0.608. The number of allylic oxidation sites excluding steroid dienone is 5. The minimum Gasteiger partial charge on any atom is -0.393 e. The molecule has 64 valence electrons. The Labute approximate surface area is 73.2 Å². The molecule has 12 heavy (non-hydrogen) atoms. The lowest BCUT2D eigenvalue weighted by atomic mass is 9.95. The zero-order chi connectivity index (χ0) is 9.14. The molecule has 1 aliphatic rings. The molecule has 0 bridgehead atoms. The fraction of sp³-hybridized carbons (Fsp3) is 0.300. The van der Waals surface area contributed by atoms with E-state index in [1.807, 2.05) is 39.2 Å². The van der Waals surface area contributed by atoms with Gasteiger partial charge in [0.1, 0.15) is 0 Å². The highest BCUT2D eigenvalue weighted by Crippen LogP contribution is 2.17. The largest absolute Gasteiger partial charge is 0.393 e. The van der Waals surface area contributed by atoms with Crippen LogP contribution in [-0.2, 0) is 0 Å². The third-order valence-corrected chi connectivity index (χ3v) is 1.81. The van der Waals surface area contributed by atoms with Gasteiger partial charge in [-0.05, 0) is 25.5 Å². The predicted octanol–water partition coefficient (Wildman–Crippen LogP) is 2.02. The lowest BCUT2D eigenvalue weighted by Gasteiger charge is -2.12. The normalized spacial score (nSPS) is 20.6. The molecule has 0 unspecified atom stereocenters. The van der Waals surface area contributed by atoms with Gasteiger partial charge in [-0.25, -0.2) is 0 Å². The summed E-state index contributed by atoms with van der Waals surface area (Å²) in [6.07, 6.45) is 5.88. The zero-order valence-electron chi connectivity index (χ0n) is 7.73. The van der Waals surface area contributed by atoms with Gasteiger partial charge in [0.25, 0.3) is 0 Å². The van der Waals surface area contributed by atoms with Crippen LogP contribution in [0.25, 0.3) is 0 Å². The Morgan fingerprint density at radius 1 is 1.33 bits per heavy atom. The van der Waals surface area contributed by atoms with Crippen molar-refractivity contribution in [1.29, 1.82) is 5.41 Å². The van der Waals surface area contributed by atoms with E-state index in [0.29, 0.717) is 5.71 Å². The molecule has 0 fully saturated rings. The van der Waals surface area contributed by atoms with Crippen molar-refractivity contribution < 1.29 is 0 Å². The van der Waals surface area contributed by atoms with Crippen LogP contribution in [-0.4, -0.2) is 12.8 Å². The number of hydrogen-bond donors (Lipinski definition) is 2. The molecule has 0 saturated heterocycles. The van der Waals surface area contributed by atoms with Crippen LogP contribution in [0.15, 0.2) is 35.1 Å². The van der Waals surface area contributed by atoms with Crippen molar-refractivity contribution in [2.75, 3.05) is 7.05 Å². The predicted molar refractivity (Wildman–Crippen MR) is 52.4 cm³/mol. The average molecular weight is 162 g/mol. The molecular weight excluding hydrogens is 148 g/mol. The van der Waals surface area contributed by atoms with E-state index < -0.39 is 0 Å². The van der Waals surface area contributed by atoms with Gasteiger partial charge in [-0.15, -0.1) is 0 Å². The third kappa shape index (κ3) is 1.64. The first-order valence-electron chi connectivity index (χ1n) is 3.98. The fourth-order valence-corrected chi connectivity index (χ4v) is 1.27. The molecular formula is C10H14N2. The maximum Gasteiger partial charge on any atom is 0.0656 e. The maximum atomic E-state index is 7.72. The molecule has 0 radical (unpaired) electrons. The summed E-state index contributed by atoms with van der Waals surface area (Å²) in [5.74, 6) is 0. The van der Waals surface area contributed by atoms with Gasteiger partial charge in [-0.2, -0.15) is 0 Å². The highest BCUT2D eigenvalue weighted by Gasteiger charge is 2.09. The molecule has 0 aromatic rings. The molecule has 0 amide bonds. The van der Waals surface area contributed by atoms with Crippen LogP contribution in [0.1, 0.15) is 13.8 Å². The Balaban J connectivity index is 3.02. The van der Waals surface area contributed by atoms with Crippen LogP contribution in [0, 0.1) is 5.41 Å². The summed E-state index contributed by atoms with van der Waals surface area (Å²) in [7, 11) is 1.84. The van der Waals surface area contributed by atoms with E-state index in [1.54, 1.807) is 0 Å². The third-order valence-electron chi connectivity index (χ3n) is 1.81. The van der Waals surface area contributed by atoms with Crippen molar-refractivity contribution in [1.82, 2.24) is 5.32 Å². The summed E-state index contributed by atoms with van der Waals surface area (Å²) >= 11 is 0. The van der Waals surface area contributed by atoms with Crippen molar-refractivity contribution in [3.05, 3.63) is 35.1 Å². The molecule has 2 nitrogen and oxygen atoms in total. The lowest BCUT2D eigenvalue weighted by Crippen LogP contribution is -2.09. The van der Waals surface area contributed by atoms with Gasteiger partial charge in [0.05, 0.1) is 5.71 Å². The first-order valence-corrected chi connectivity index (χ1v) is 3.98. The first kappa shape index (κ1) is 8.78. The molecule has 1 rings (SSSR count). The molecule has 0 spiro atoms. The topological polar surface area (TPSA) is 35.9 Å². The smallest absolute Gasteiger partial charge is 0.0656 e. The van der Waals surface area contributed by atoms with Crippen LogP contribution in [0.5, 0.6) is 0 Å². The zero-order valence-corrected chi connectivity index (χ0v) is 7.73. The van der Waals surface area contributed by atoms with Crippen molar-refractivity contribution >= 4 is 5.71 Å². The van der Waals surface area contributed by atoms with E-state index in [1.165, 1.54) is 5.57 Å². The van der Waals surface area contributed by atoms with E-state index in [0.717, 1.165) is 11.1 Å². The molecule has 0 aliphatic heterocycles. The van der Waals surface area contributed by atoms with Gasteiger partial charge in [0, 0.05) is 18.8 Å². The van der Waals surface area contributed by atoms with E-state index in [9.17, 15) is 0 Å². The molecule has 0 aromatic heterocycles. The molecule has 2 heteroatoms. The Morgan fingerprint density at radius 2 is 2.00 bits per heavy atom. The summed E-state index contributed by atoms with van der Waals surface area (Å²) in [6.45, 7) is 4.00. The summed E-state index contributed by atoms with van der Waals surface area (Å²) < 4.78 is 0. The number of hydrogen-bond acceptors (Lipinski definition) is 2. The molecule has 1 aliphatic carbocycles. The Hall–Kier alpha value is -1.31. The van der Waals surface area contributed by atoms with Crippen molar-refractivity contribution in [3.8, 4) is 0 Å². The number of rotatable bonds is 1. The molecule has 0 atom stereocenters. The SMILES string of the molecule is CN/C=C1/C=C(C)C=C(C)C1=N. The monoisotopic (exact) mass is 162 g/mol. The maximum absolute atomic E-state index is 7.72. The molecule has 2 N–H and O–H groups in total. The average Bonchev–Trinajstić information content (AvgIpc) is 2.00. The van der Waals surface area contributed by atoms with Crippen molar-refractivity contribution in [2.24, 2.45) is 0 Å². The van der Waals surface area contributed by atoms with Gasteiger partial charge >= 0.3 is 0 Å². The standard InChI is InChI=1S/C10H14N2/c1-7-4-8(2)10(11)9(5-7)6-12-3/h4-6,11-12H,1-3H3/b9-6-,11-10?. The van der Waals surface area contributed by atoms with Gasteiger partial charge < -0.3 is 5.32 Å². The highest BCUT2D eigenvalue weighted by molar-refractivity contribution is 6.13. The molecule has 0 aromatic carbocycles. The Morgan fingerprint density at radius 3 is 2.58 bits per heavy atom. The minimum atomic E-state index is 0.606. The van der Waals surface area contributed by atoms with Crippen LogP contribution < -0.4 is 5.32 Å². The van der Waals surface area contributed by atoms with Crippen molar-refractivity contribution in [3.63, 3.8) is 0 Å².